The van der Waals surface area contributed by atoms with Gasteiger partial charge in [0.15, 0.2) is 0 Å². The summed E-state index contributed by atoms with van der Waals surface area (Å²) in [7, 11) is 1.64. The molecule has 0 aromatic carbocycles. The van der Waals surface area contributed by atoms with Gasteiger partial charge in [-0.3, -0.25) is 0 Å². The highest BCUT2D eigenvalue weighted by atomic mass is 16.5. The van der Waals surface area contributed by atoms with Gasteiger partial charge in [-0.05, 0) is 39.8 Å². The molecule has 0 aliphatic heterocycles. The maximum atomic E-state index is 5.57. The standard InChI is InChI=1S/C12H23N3O2/c1-5-8-13-9-6-7-10-14-15-11(17-10)12(2,3)16-4/h13H,5-9H2,1-4H3. The zero-order valence-corrected chi connectivity index (χ0v) is 11.2. The molecule has 0 aliphatic rings. The van der Waals surface area contributed by atoms with Gasteiger partial charge in [0.25, 0.3) is 0 Å². The topological polar surface area (TPSA) is 60.2 Å². The number of hydrogen-bond acceptors (Lipinski definition) is 5. The lowest BCUT2D eigenvalue weighted by Crippen LogP contribution is -2.19. The van der Waals surface area contributed by atoms with E-state index < -0.39 is 5.60 Å². The van der Waals surface area contributed by atoms with Crippen molar-refractivity contribution in [3.8, 4) is 0 Å². The van der Waals surface area contributed by atoms with Gasteiger partial charge in [-0.1, -0.05) is 6.92 Å². The average Bonchev–Trinajstić information content (AvgIpc) is 2.78. The predicted molar refractivity (Wildman–Crippen MR) is 65.8 cm³/mol. The summed E-state index contributed by atoms with van der Waals surface area (Å²) >= 11 is 0. The molecule has 1 aromatic heterocycles. The Bertz CT molecular complexity index is 323. The second kappa shape index (κ2) is 6.71. The Morgan fingerprint density at radius 1 is 1.29 bits per heavy atom. The molecule has 0 saturated heterocycles. The summed E-state index contributed by atoms with van der Waals surface area (Å²) in [6.45, 7) is 8.02. The SMILES string of the molecule is CCCNCCCc1nnc(C(C)(C)OC)o1. The molecule has 0 bridgehead atoms. The lowest BCUT2D eigenvalue weighted by atomic mass is 10.1. The monoisotopic (exact) mass is 241 g/mol. The van der Waals surface area contributed by atoms with Crippen LogP contribution < -0.4 is 5.32 Å². The van der Waals surface area contributed by atoms with Crippen LogP contribution in [0.5, 0.6) is 0 Å². The normalized spacial score (nSPS) is 12.0. The van der Waals surface area contributed by atoms with E-state index in [-0.39, 0.29) is 0 Å². The van der Waals surface area contributed by atoms with Crippen LogP contribution in [0.25, 0.3) is 0 Å². The van der Waals surface area contributed by atoms with E-state index in [2.05, 4.69) is 22.4 Å². The molecule has 5 heteroatoms. The second-order valence-corrected chi connectivity index (χ2v) is 4.57. The molecule has 1 heterocycles. The highest BCUT2D eigenvalue weighted by molar-refractivity contribution is 4.93. The number of nitrogens with zero attached hydrogens (tertiary/aromatic N) is 2. The molecule has 98 valence electrons. The molecule has 0 radical (unpaired) electrons. The highest BCUT2D eigenvalue weighted by Crippen LogP contribution is 2.22. The minimum atomic E-state index is -0.508. The molecule has 0 fully saturated rings. The van der Waals surface area contributed by atoms with Crippen LogP contribution in [-0.2, 0) is 16.8 Å². The van der Waals surface area contributed by atoms with Gasteiger partial charge in [0.05, 0.1) is 0 Å². The minimum Gasteiger partial charge on any atom is -0.422 e. The summed E-state index contributed by atoms with van der Waals surface area (Å²) in [5, 5.41) is 11.4. The molecule has 5 nitrogen and oxygen atoms in total. The minimum absolute atomic E-state index is 0.508. The van der Waals surface area contributed by atoms with Gasteiger partial charge in [-0.15, -0.1) is 10.2 Å². The van der Waals surface area contributed by atoms with Crippen molar-refractivity contribution in [2.75, 3.05) is 20.2 Å². The number of aryl methyl sites for hydroxylation is 1. The number of rotatable bonds is 8. The molecular formula is C12H23N3O2. The van der Waals surface area contributed by atoms with Gasteiger partial charge in [0, 0.05) is 13.5 Å². The van der Waals surface area contributed by atoms with E-state index in [1.54, 1.807) is 7.11 Å². The summed E-state index contributed by atoms with van der Waals surface area (Å²) in [6, 6.07) is 0. The van der Waals surface area contributed by atoms with Crippen LogP contribution in [0.1, 0.15) is 45.4 Å². The van der Waals surface area contributed by atoms with E-state index in [1.807, 2.05) is 13.8 Å². The molecule has 0 saturated carbocycles. The summed E-state index contributed by atoms with van der Waals surface area (Å²) in [6.07, 6.45) is 2.98. The fourth-order valence-electron chi connectivity index (χ4n) is 1.35. The van der Waals surface area contributed by atoms with Gasteiger partial charge in [-0.25, -0.2) is 0 Å². The zero-order valence-electron chi connectivity index (χ0n) is 11.2. The van der Waals surface area contributed by atoms with Crippen molar-refractivity contribution >= 4 is 0 Å². The van der Waals surface area contributed by atoms with Crippen molar-refractivity contribution in [3.63, 3.8) is 0 Å². The lowest BCUT2D eigenvalue weighted by Gasteiger charge is -2.17. The van der Waals surface area contributed by atoms with Crippen molar-refractivity contribution in [1.29, 1.82) is 0 Å². The Kier molecular flexibility index (Phi) is 5.58. The van der Waals surface area contributed by atoms with Crippen molar-refractivity contribution in [2.24, 2.45) is 0 Å². The van der Waals surface area contributed by atoms with E-state index in [1.165, 1.54) is 0 Å². The molecule has 17 heavy (non-hydrogen) atoms. The van der Waals surface area contributed by atoms with Gasteiger partial charge in [-0.2, -0.15) is 0 Å². The Hall–Kier alpha value is -0.940. The third kappa shape index (κ3) is 4.44. The van der Waals surface area contributed by atoms with E-state index in [0.29, 0.717) is 11.8 Å². The summed E-state index contributed by atoms with van der Waals surface area (Å²) in [4.78, 5) is 0. The van der Waals surface area contributed by atoms with Gasteiger partial charge >= 0.3 is 0 Å². The number of hydrogen-bond donors (Lipinski definition) is 1. The van der Waals surface area contributed by atoms with Crippen molar-refractivity contribution in [3.05, 3.63) is 11.8 Å². The maximum absolute atomic E-state index is 5.57. The predicted octanol–water partition coefficient (Wildman–Crippen LogP) is 1.88. The largest absolute Gasteiger partial charge is 0.422 e. The van der Waals surface area contributed by atoms with E-state index in [4.69, 9.17) is 9.15 Å². The van der Waals surface area contributed by atoms with Crippen molar-refractivity contribution in [1.82, 2.24) is 15.5 Å². The quantitative estimate of drug-likeness (QED) is 0.704. The first kappa shape index (κ1) is 14.1. The van der Waals surface area contributed by atoms with E-state index >= 15 is 0 Å². The Balaban J connectivity index is 2.36. The fourth-order valence-corrected chi connectivity index (χ4v) is 1.35. The van der Waals surface area contributed by atoms with E-state index in [9.17, 15) is 0 Å². The van der Waals surface area contributed by atoms with Gasteiger partial charge < -0.3 is 14.5 Å². The highest BCUT2D eigenvalue weighted by Gasteiger charge is 2.26. The van der Waals surface area contributed by atoms with Crippen molar-refractivity contribution in [2.45, 2.75) is 45.6 Å². The van der Waals surface area contributed by atoms with Crippen LogP contribution in [-0.4, -0.2) is 30.4 Å². The fraction of sp³-hybridized carbons (Fsp3) is 0.833. The van der Waals surface area contributed by atoms with Crippen molar-refractivity contribution < 1.29 is 9.15 Å². The summed E-state index contributed by atoms with van der Waals surface area (Å²) in [5.74, 6) is 1.22. The molecule has 0 unspecified atom stereocenters. The Labute approximate surface area is 103 Å². The smallest absolute Gasteiger partial charge is 0.247 e. The summed E-state index contributed by atoms with van der Waals surface area (Å²) in [5.41, 5.74) is -0.508. The van der Waals surface area contributed by atoms with Gasteiger partial charge in [0.2, 0.25) is 11.8 Å². The van der Waals surface area contributed by atoms with E-state index in [0.717, 1.165) is 32.4 Å². The maximum Gasteiger partial charge on any atom is 0.247 e. The zero-order chi connectivity index (χ0) is 12.7. The first-order valence-electron chi connectivity index (χ1n) is 6.19. The molecule has 1 aromatic rings. The van der Waals surface area contributed by atoms with Crippen LogP contribution in [0, 0.1) is 0 Å². The van der Waals surface area contributed by atoms with Crippen LogP contribution in [0.2, 0.25) is 0 Å². The Morgan fingerprint density at radius 3 is 2.71 bits per heavy atom. The summed E-state index contributed by atoms with van der Waals surface area (Å²) < 4.78 is 10.9. The molecule has 1 rings (SSSR count). The first-order valence-corrected chi connectivity index (χ1v) is 6.19. The third-order valence-electron chi connectivity index (χ3n) is 2.66. The van der Waals surface area contributed by atoms with Crippen LogP contribution >= 0.6 is 0 Å². The van der Waals surface area contributed by atoms with Crippen LogP contribution in [0.3, 0.4) is 0 Å². The number of methoxy groups -OCH3 is 1. The molecular weight excluding hydrogens is 218 g/mol. The third-order valence-corrected chi connectivity index (χ3v) is 2.66. The first-order chi connectivity index (χ1) is 8.10. The Morgan fingerprint density at radius 2 is 2.06 bits per heavy atom. The average molecular weight is 241 g/mol. The van der Waals surface area contributed by atoms with Crippen LogP contribution in [0.15, 0.2) is 4.42 Å². The molecule has 0 spiro atoms. The molecule has 0 amide bonds. The van der Waals surface area contributed by atoms with Gasteiger partial charge in [0.1, 0.15) is 5.60 Å². The molecule has 1 N–H and O–H groups in total. The lowest BCUT2D eigenvalue weighted by molar-refractivity contribution is -0.00453. The molecule has 0 aliphatic carbocycles. The second-order valence-electron chi connectivity index (χ2n) is 4.57. The number of aromatic nitrogens is 2. The molecule has 0 atom stereocenters. The number of ether oxygens (including phenoxy) is 1. The number of nitrogens with one attached hydrogen (secondary N) is 1. The van der Waals surface area contributed by atoms with Crippen LogP contribution in [0.4, 0.5) is 0 Å².